The van der Waals surface area contributed by atoms with Crippen LogP contribution in [0.25, 0.3) is 0 Å². The Labute approximate surface area is 161 Å². The molecule has 0 aliphatic rings. The number of anilines is 2. The van der Waals surface area contributed by atoms with Crippen LogP contribution in [0.4, 0.5) is 11.4 Å². The fourth-order valence-corrected chi connectivity index (χ4v) is 4.18. The SMILES string of the molecule is Cc1ccc(Cl)cc1N([C@@H](C)C(=O)Nc1ccccc1Br)S(C)(=O)=O. The van der Waals surface area contributed by atoms with E-state index in [2.05, 4.69) is 21.2 Å². The van der Waals surface area contributed by atoms with Gasteiger partial charge in [-0.3, -0.25) is 9.10 Å². The van der Waals surface area contributed by atoms with Crippen LogP contribution in [0.3, 0.4) is 0 Å². The van der Waals surface area contributed by atoms with Crippen LogP contribution in [0, 0.1) is 6.92 Å². The van der Waals surface area contributed by atoms with Gasteiger partial charge in [0, 0.05) is 9.50 Å². The summed E-state index contributed by atoms with van der Waals surface area (Å²) in [6.07, 6.45) is 1.07. The van der Waals surface area contributed by atoms with Gasteiger partial charge in [0.1, 0.15) is 6.04 Å². The Kier molecular flexibility index (Phi) is 6.13. The average molecular weight is 446 g/mol. The fraction of sp³-hybridized carbons (Fsp3) is 0.235. The van der Waals surface area contributed by atoms with Gasteiger partial charge >= 0.3 is 0 Å². The van der Waals surface area contributed by atoms with Crippen LogP contribution in [0.5, 0.6) is 0 Å². The van der Waals surface area contributed by atoms with Gasteiger partial charge in [-0.25, -0.2) is 8.42 Å². The average Bonchev–Trinajstić information content (AvgIpc) is 2.51. The van der Waals surface area contributed by atoms with E-state index in [1.165, 1.54) is 6.92 Å². The molecule has 134 valence electrons. The van der Waals surface area contributed by atoms with E-state index in [1.807, 2.05) is 6.07 Å². The molecule has 8 heteroatoms. The van der Waals surface area contributed by atoms with E-state index in [0.29, 0.717) is 26.4 Å². The maximum Gasteiger partial charge on any atom is 0.248 e. The Morgan fingerprint density at radius 3 is 2.48 bits per heavy atom. The molecule has 2 rings (SSSR count). The van der Waals surface area contributed by atoms with Gasteiger partial charge in [0.15, 0.2) is 0 Å². The molecule has 0 aliphatic heterocycles. The molecule has 1 N–H and O–H groups in total. The van der Waals surface area contributed by atoms with Gasteiger partial charge in [0.25, 0.3) is 0 Å². The summed E-state index contributed by atoms with van der Waals surface area (Å²) in [5.74, 6) is -0.447. The lowest BCUT2D eigenvalue weighted by molar-refractivity contribution is -0.116. The summed E-state index contributed by atoms with van der Waals surface area (Å²) < 4.78 is 26.5. The van der Waals surface area contributed by atoms with Crippen molar-refractivity contribution in [3.63, 3.8) is 0 Å². The molecule has 1 atom stereocenters. The second-order valence-electron chi connectivity index (χ2n) is 5.63. The Morgan fingerprint density at radius 1 is 1.24 bits per heavy atom. The molecule has 0 radical (unpaired) electrons. The van der Waals surface area contributed by atoms with Crippen LogP contribution in [-0.2, 0) is 14.8 Å². The number of amides is 1. The van der Waals surface area contributed by atoms with E-state index >= 15 is 0 Å². The standard InChI is InChI=1S/C17H18BrClN2O3S/c1-11-8-9-13(19)10-16(11)21(25(3,23)24)12(2)17(22)20-15-7-5-4-6-14(15)18/h4-10,12H,1-3H3,(H,20,22)/t12-/m0/s1. The van der Waals surface area contributed by atoms with Crippen LogP contribution >= 0.6 is 27.5 Å². The van der Waals surface area contributed by atoms with Crippen LogP contribution in [0.15, 0.2) is 46.9 Å². The predicted molar refractivity (Wildman–Crippen MR) is 106 cm³/mol. The highest BCUT2D eigenvalue weighted by Gasteiger charge is 2.30. The van der Waals surface area contributed by atoms with Gasteiger partial charge in [-0.2, -0.15) is 0 Å². The minimum absolute atomic E-state index is 0.379. The second-order valence-corrected chi connectivity index (χ2v) is 8.78. The lowest BCUT2D eigenvalue weighted by Crippen LogP contribution is -2.45. The first-order valence-electron chi connectivity index (χ1n) is 7.42. The predicted octanol–water partition coefficient (Wildman–Crippen LogP) is 4.20. The number of nitrogens with one attached hydrogen (secondary N) is 1. The summed E-state index contributed by atoms with van der Waals surface area (Å²) in [5.41, 5.74) is 1.65. The summed E-state index contributed by atoms with van der Waals surface area (Å²) in [6, 6.07) is 11.1. The molecule has 25 heavy (non-hydrogen) atoms. The van der Waals surface area contributed by atoms with Crippen molar-refractivity contribution in [3.05, 3.63) is 57.5 Å². The van der Waals surface area contributed by atoms with Gasteiger partial charge in [0.05, 0.1) is 17.6 Å². The van der Waals surface area contributed by atoms with E-state index in [0.717, 1.165) is 10.6 Å². The van der Waals surface area contributed by atoms with Gasteiger partial charge in [-0.1, -0.05) is 29.8 Å². The molecule has 0 spiro atoms. The zero-order valence-corrected chi connectivity index (χ0v) is 17.1. The van der Waals surface area contributed by atoms with Crippen molar-refractivity contribution in [2.45, 2.75) is 19.9 Å². The fourth-order valence-electron chi connectivity index (χ4n) is 2.40. The zero-order valence-electron chi connectivity index (χ0n) is 14.0. The Morgan fingerprint density at radius 2 is 1.88 bits per heavy atom. The molecule has 0 aliphatic carbocycles. The molecule has 5 nitrogen and oxygen atoms in total. The summed E-state index contributed by atoms with van der Waals surface area (Å²) in [5, 5.41) is 3.14. The van der Waals surface area contributed by atoms with Gasteiger partial charge in [-0.05, 0) is 59.6 Å². The molecule has 2 aromatic carbocycles. The Hall–Kier alpha value is -1.57. The maximum absolute atomic E-state index is 12.7. The van der Waals surface area contributed by atoms with Crippen LogP contribution < -0.4 is 9.62 Å². The highest BCUT2D eigenvalue weighted by molar-refractivity contribution is 9.10. The number of para-hydroxylation sites is 1. The lowest BCUT2D eigenvalue weighted by Gasteiger charge is -2.29. The zero-order chi connectivity index (χ0) is 18.8. The van der Waals surface area contributed by atoms with Crippen molar-refractivity contribution in [3.8, 4) is 0 Å². The van der Waals surface area contributed by atoms with Crippen molar-refractivity contribution in [1.29, 1.82) is 0 Å². The summed E-state index contributed by atoms with van der Waals surface area (Å²) >= 11 is 9.37. The van der Waals surface area contributed by atoms with Gasteiger partial charge in [-0.15, -0.1) is 0 Å². The molecular formula is C17H18BrClN2O3S. The summed E-state index contributed by atoms with van der Waals surface area (Å²) in [6.45, 7) is 3.30. The number of nitrogens with zero attached hydrogens (tertiary/aromatic N) is 1. The normalized spacial score (nSPS) is 12.5. The number of hydrogen-bond donors (Lipinski definition) is 1. The molecule has 0 heterocycles. The van der Waals surface area contributed by atoms with E-state index in [1.54, 1.807) is 43.3 Å². The first-order valence-corrected chi connectivity index (χ1v) is 10.4. The molecule has 2 aromatic rings. The smallest absolute Gasteiger partial charge is 0.248 e. The minimum Gasteiger partial charge on any atom is -0.323 e. The van der Waals surface area contributed by atoms with Crippen molar-refractivity contribution < 1.29 is 13.2 Å². The number of halogens is 2. The highest BCUT2D eigenvalue weighted by Crippen LogP contribution is 2.29. The highest BCUT2D eigenvalue weighted by atomic mass is 79.9. The lowest BCUT2D eigenvalue weighted by atomic mass is 10.1. The van der Waals surface area contributed by atoms with E-state index in [9.17, 15) is 13.2 Å². The first-order chi connectivity index (χ1) is 11.6. The quantitative estimate of drug-likeness (QED) is 0.750. The molecule has 0 unspecified atom stereocenters. The van der Waals surface area contributed by atoms with Gasteiger partial charge in [0.2, 0.25) is 15.9 Å². The number of hydrogen-bond acceptors (Lipinski definition) is 3. The maximum atomic E-state index is 12.7. The number of benzene rings is 2. The number of rotatable bonds is 5. The van der Waals surface area contributed by atoms with Crippen LogP contribution in [0.2, 0.25) is 5.02 Å². The molecular weight excluding hydrogens is 428 g/mol. The summed E-state index contributed by atoms with van der Waals surface area (Å²) in [4.78, 5) is 12.7. The molecule has 0 bridgehead atoms. The van der Waals surface area contributed by atoms with Crippen LogP contribution in [0.1, 0.15) is 12.5 Å². The van der Waals surface area contributed by atoms with E-state index < -0.39 is 22.0 Å². The number of sulfonamides is 1. The molecule has 0 aromatic heterocycles. The third kappa shape index (κ3) is 4.74. The second kappa shape index (κ2) is 7.76. The molecule has 1 amide bonds. The number of aryl methyl sites for hydroxylation is 1. The van der Waals surface area contributed by atoms with E-state index in [4.69, 9.17) is 11.6 Å². The van der Waals surface area contributed by atoms with Gasteiger partial charge < -0.3 is 5.32 Å². The Bertz CT molecular complexity index is 903. The molecule has 0 saturated carbocycles. The minimum atomic E-state index is -3.70. The molecule has 0 fully saturated rings. The monoisotopic (exact) mass is 444 g/mol. The number of carbonyl (C=O) groups is 1. The Balaban J connectivity index is 2.40. The first kappa shape index (κ1) is 19.8. The number of carbonyl (C=O) groups excluding carboxylic acids is 1. The summed E-state index contributed by atoms with van der Waals surface area (Å²) in [7, 11) is -3.70. The topological polar surface area (TPSA) is 66.5 Å². The van der Waals surface area contributed by atoms with Crippen LogP contribution in [-0.4, -0.2) is 26.6 Å². The van der Waals surface area contributed by atoms with Crippen molar-refractivity contribution in [1.82, 2.24) is 0 Å². The molecule has 0 saturated heterocycles. The largest absolute Gasteiger partial charge is 0.323 e. The van der Waals surface area contributed by atoms with E-state index in [-0.39, 0.29) is 0 Å². The third-order valence-corrected chi connectivity index (χ3v) is 5.78. The van der Waals surface area contributed by atoms with Crippen molar-refractivity contribution in [2.24, 2.45) is 0 Å². The van der Waals surface area contributed by atoms with Crippen molar-refractivity contribution >= 4 is 54.8 Å². The van der Waals surface area contributed by atoms with Crippen molar-refractivity contribution in [2.75, 3.05) is 15.9 Å². The third-order valence-electron chi connectivity index (χ3n) is 3.63.